The summed E-state index contributed by atoms with van der Waals surface area (Å²) >= 11 is 3.74. The van der Waals surface area contributed by atoms with E-state index < -0.39 is 4.08 Å². The Bertz CT molecular complexity index is 493. The summed E-state index contributed by atoms with van der Waals surface area (Å²) in [4.78, 5) is 15.7. The Labute approximate surface area is 148 Å². The third kappa shape index (κ3) is 2.98. The van der Waals surface area contributed by atoms with Crippen molar-refractivity contribution in [2.45, 2.75) is 67.9 Å². The van der Waals surface area contributed by atoms with Gasteiger partial charge in [0.15, 0.2) is 4.08 Å². The highest BCUT2D eigenvalue weighted by atomic mass is 32.2. The van der Waals surface area contributed by atoms with Crippen molar-refractivity contribution >= 4 is 29.5 Å². The maximum absolute atomic E-state index is 13.1. The van der Waals surface area contributed by atoms with Crippen molar-refractivity contribution < 1.29 is 9.53 Å². The van der Waals surface area contributed by atoms with Gasteiger partial charge in [-0.25, -0.2) is 4.79 Å². The summed E-state index contributed by atoms with van der Waals surface area (Å²) in [5.41, 5.74) is 1.48. The smallest absolute Gasteiger partial charge is 0.339 e. The Morgan fingerprint density at radius 1 is 0.913 bits per heavy atom. The summed E-state index contributed by atoms with van der Waals surface area (Å²) in [6.07, 6.45) is 10.9. The molecule has 1 atom stereocenters. The molecule has 5 heteroatoms. The van der Waals surface area contributed by atoms with Crippen molar-refractivity contribution in [3.05, 3.63) is 11.3 Å². The third-order valence-electron chi connectivity index (χ3n) is 5.58. The molecule has 0 aromatic heterocycles. The highest BCUT2D eigenvalue weighted by Crippen LogP contribution is 2.54. The molecule has 1 aliphatic carbocycles. The number of thioether (sulfide) groups is 2. The summed E-state index contributed by atoms with van der Waals surface area (Å²) < 4.78 is 5.57. The predicted octanol–water partition coefficient (Wildman–Crippen LogP) is 4.18. The summed E-state index contributed by atoms with van der Waals surface area (Å²) in [6.45, 7) is 2.30. The lowest BCUT2D eigenvalue weighted by Crippen LogP contribution is -2.59. The molecule has 0 bridgehead atoms. The van der Waals surface area contributed by atoms with E-state index >= 15 is 0 Å². The maximum atomic E-state index is 13.1. The van der Waals surface area contributed by atoms with Crippen LogP contribution in [0.5, 0.6) is 0 Å². The van der Waals surface area contributed by atoms with Gasteiger partial charge in [0.05, 0.1) is 6.04 Å². The van der Waals surface area contributed by atoms with Crippen LogP contribution >= 0.6 is 23.5 Å². The highest BCUT2D eigenvalue weighted by Gasteiger charge is 2.56. The van der Waals surface area contributed by atoms with Crippen molar-refractivity contribution in [1.82, 2.24) is 4.90 Å². The molecule has 1 spiro atoms. The molecule has 2 saturated heterocycles. The zero-order chi connectivity index (χ0) is 15.7. The minimum Gasteiger partial charge on any atom is -0.429 e. The lowest BCUT2D eigenvalue weighted by Gasteiger charge is -2.49. The second kappa shape index (κ2) is 7.01. The van der Waals surface area contributed by atoms with E-state index in [0.717, 1.165) is 43.2 Å². The molecular formula is C18H27NO2S2. The summed E-state index contributed by atoms with van der Waals surface area (Å²) in [5.74, 6) is 3.27. The molecule has 3 nitrogen and oxygen atoms in total. The van der Waals surface area contributed by atoms with Gasteiger partial charge in [-0.15, -0.1) is 23.5 Å². The van der Waals surface area contributed by atoms with Gasteiger partial charge in [0, 0.05) is 6.42 Å². The first-order valence-electron chi connectivity index (χ1n) is 9.27. The Balaban J connectivity index is 1.75. The van der Waals surface area contributed by atoms with E-state index in [1.54, 1.807) is 0 Å². The van der Waals surface area contributed by atoms with Gasteiger partial charge in [-0.2, -0.15) is 0 Å². The first-order valence-corrected chi connectivity index (χ1v) is 11.2. The summed E-state index contributed by atoms with van der Waals surface area (Å²) in [7, 11) is 0. The van der Waals surface area contributed by atoms with Crippen LogP contribution in [0.1, 0.15) is 57.8 Å². The lowest BCUT2D eigenvalue weighted by atomic mass is 9.92. The van der Waals surface area contributed by atoms with Gasteiger partial charge in [-0.1, -0.05) is 12.8 Å². The quantitative estimate of drug-likeness (QED) is 0.660. The second-order valence-electron chi connectivity index (χ2n) is 7.12. The van der Waals surface area contributed by atoms with Crippen molar-refractivity contribution in [3.63, 3.8) is 0 Å². The van der Waals surface area contributed by atoms with E-state index in [1.165, 1.54) is 50.5 Å². The fourth-order valence-electron chi connectivity index (χ4n) is 4.47. The van der Waals surface area contributed by atoms with Gasteiger partial charge in [0.2, 0.25) is 0 Å². The van der Waals surface area contributed by atoms with Gasteiger partial charge in [-0.3, -0.25) is 4.90 Å². The number of esters is 1. The van der Waals surface area contributed by atoms with E-state index in [-0.39, 0.29) is 12.0 Å². The van der Waals surface area contributed by atoms with Crippen molar-refractivity contribution in [2.24, 2.45) is 0 Å². The number of likely N-dealkylation sites (tertiary alicyclic amines) is 1. The first kappa shape index (κ1) is 16.3. The number of carbonyl (C=O) groups is 1. The van der Waals surface area contributed by atoms with Crippen LogP contribution in [0.25, 0.3) is 0 Å². The van der Waals surface area contributed by atoms with Crippen LogP contribution in [0.3, 0.4) is 0 Å². The molecular weight excluding hydrogens is 326 g/mol. The Kier molecular flexibility index (Phi) is 4.98. The second-order valence-corrected chi connectivity index (χ2v) is 10.1. The number of nitrogens with zero attached hydrogens (tertiary/aromatic N) is 1. The molecule has 3 heterocycles. The van der Waals surface area contributed by atoms with Crippen LogP contribution in [0, 0.1) is 0 Å². The van der Waals surface area contributed by atoms with Crippen molar-refractivity contribution in [1.29, 1.82) is 0 Å². The topological polar surface area (TPSA) is 29.5 Å². The lowest BCUT2D eigenvalue weighted by molar-refractivity contribution is -0.143. The van der Waals surface area contributed by atoms with Crippen molar-refractivity contribution in [3.8, 4) is 0 Å². The number of rotatable bonds is 1. The SMILES string of the molecule is O=C1OC2=C(CCCCC2)[C@@H](N2CCCCC2)C12SCCCS2. The number of ether oxygens (including phenoxy) is 1. The van der Waals surface area contributed by atoms with Crippen LogP contribution in [-0.2, 0) is 9.53 Å². The fourth-order valence-corrected chi connectivity index (χ4v) is 7.89. The number of carbonyl (C=O) groups excluding carboxylic acids is 1. The van der Waals surface area contributed by atoms with E-state index in [1.807, 2.05) is 23.5 Å². The molecule has 0 N–H and O–H groups in total. The first-order chi connectivity index (χ1) is 11.3. The minimum absolute atomic E-state index is 0.0448. The van der Waals surface area contributed by atoms with Crippen LogP contribution in [0.15, 0.2) is 11.3 Å². The zero-order valence-corrected chi connectivity index (χ0v) is 15.5. The molecule has 0 aromatic carbocycles. The predicted molar refractivity (Wildman–Crippen MR) is 97.7 cm³/mol. The van der Waals surface area contributed by atoms with E-state index in [4.69, 9.17) is 4.74 Å². The average molecular weight is 354 g/mol. The molecule has 0 aromatic rings. The van der Waals surface area contributed by atoms with Crippen molar-refractivity contribution in [2.75, 3.05) is 24.6 Å². The van der Waals surface area contributed by atoms with Crippen LogP contribution in [0.4, 0.5) is 0 Å². The fraction of sp³-hybridized carbons (Fsp3) is 0.833. The largest absolute Gasteiger partial charge is 0.429 e. The standard InChI is InChI=1S/C18H27NO2S2/c20-17-18(22-12-7-13-23-18)16(19-10-5-2-6-11-19)14-8-3-1-4-9-15(14)21-17/h16H,1-13H2/t16-/m1/s1. The Morgan fingerprint density at radius 3 is 2.39 bits per heavy atom. The number of piperidine rings is 1. The molecule has 0 amide bonds. The highest BCUT2D eigenvalue weighted by molar-refractivity contribution is 8.20. The zero-order valence-electron chi connectivity index (χ0n) is 13.8. The van der Waals surface area contributed by atoms with E-state index in [9.17, 15) is 4.79 Å². The Hall–Kier alpha value is -0.130. The average Bonchev–Trinajstić information content (AvgIpc) is 2.83. The molecule has 0 radical (unpaired) electrons. The molecule has 4 aliphatic rings. The Morgan fingerprint density at radius 2 is 1.61 bits per heavy atom. The van der Waals surface area contributed by atoms with Gasteiger partial charge in [0.25, 0.3) is 0 Å². The van der Waals surface area contributed by atoms with E-state index in [2.05, 4.69) is 4.90 Å². The van der Waals surface area contributed by atoms with Crippen LogP contribution in [0.2, 0.25) is 0 Å². The molecule has 128 valence electrons. The van der Waals surface area contributed by atoms with Crippen LogP contribution in [-0.4, -0.2) is 45.6 Å². The summed E-state index contributed by atoms with van der Waals surface area (Å²) in [6, 6.07) is 0.285. The third-order valence-corrected chi connectivity index (χ3v) is 8.91. The van der Waals surface area contributed by atoms with Gasteiger partial charge < -0.3 is 4.74 Å². The molecule has 2 fully saturated rings. The number of hydrogen-bond donors (Lipinski definition) is 0. The van der Waals surface area contributed by atoms with E-state index in [0.29, 0.717) is 0 Å². The molecule has 0 unspecified atom stereocenters. The van der Waals surface area contributed by atoms with Gasteiger partial charge >= 0.3 is 5.97 Å². The maximum Gasteiger partial charge on any atom is 0.339 e. The molecule has 3 aliphatic heterocycles. The number of hydrogen-bond acceptors (Lipinski definition) is 5. The minimum atomic E-state index is -0.390. The number of allylic oxidation sites excluding steroid dienone is 1. The normalized spacial score (nSPS) is 32.3. The molecule has 4 rings (SSSR count). The van der Waals surface area contributed by atoms with Gasteiger partial charge in [0.1, 0.15) is 5.76 Å². The van der Waals surface area contributed by atoms with Gasteiger partial charge in [-0.05, 0) is 68.7 Å². The molecule has 23 heavy (non-hydrogen) atoms. The monoisotopic (exact) mass is 353 g/mol. The van der Waals surface area contributed by atoms with Crippen LogP contribution < -0.4 is 0 Å². The summed E-state index contributed by atoms with van der Waals surface area (Å²) in [5, 5.41) is 0. The molecule has 0 saturated carbocycles.